The second kappa shape index (κ2) is 9.57. The molecular weight excluding hydrogens is 447 g/mol. The zero-order chi connectivity index (χ0) is 21.7. The van der Waals surface area contributed by atoms with E-state index < -0.39 is 10.0 Å². The largest absolute Gasteiger partial charge is 0.493 e. The average Bonchev–Trinajstić information content (AvgIpc) is 2.72. The Bertz CT molecular complexity index is 1120. The third kappa shape index (κ3) is 5.79. The summed E-state index contributed by atoms with van der Waals surface area (Å²) >= 11 is 12.3. The number of sulfonamides is 1. The molecule has 158 valence electrons. The summed E-state index contributed by atoms with van der Waals surface area (Å²) in [5.74, 6) is 0.966. The molecule has 0 spiro atoms. The summed E-state index contributed by atoms with van der Waals surface area (Å²) in [4.78, 5) is 0.0555. The fourth-order valence-corrected chi connectivity index (χ4v) is 3.65. The SMILES string of the molecule is COc1cc(CNc2ccc(S(N)(=O)=O)cc2)cc(Cl)c1OCc1ccc(Cl)cc1. The van der Waals surface area contributed by atoms with Crippen molar-refractivity contribution in [2.45, 2.75) is 18.0 Å². The van der Waals surface area contributed by atoms with Crippen LogP contribution in [0.1, 0.15) is 11.1 Å². The van der Waals surface area contributed by atoms with E-state index in [1.165, 1.54) is 12.1 Å². The Morgan fingerprint density at radius 1 is 0.967 bits per heavy atom. The fraction of sp³-hybridized carbons (Fsp3) is 0.143. The highest BCUT2D eigenvalue weighted by Crippen LogP contribution is 2.37. The molecule has 0 unspecified atom stereocenters. The van der Waals surface area contributed by atoms with E-state index in [4.69, 9.17) is 37.8 Å². The molecule has 3 rings (SSSR count). The number of nitrogens with one attached hydrogen (secondary N) is 1. The van der Waals surface area contributed by atoms with Crippen molar-refractivity contribution >= 4 is 38.9 Å². The molecule has 6 nitrogen and oxygen atoms in total. The van der Waals surface area contributed by atoms with Crippen LogP contribution < -0.4 is 19.9 Å². The molecule has 3 N–H and O–H groups in total. The van der Waals surface area contributed by atoms with Crippen LogP contribution in [0.3, 0.4) is 0 Å². The molecule has 0 heterocycles. The monoisotopic (exact) mass is 466 g/mol. The second-order valence-corrected chi connectivity index (χ2v) is 8.85. The highest BCUT2D eigenvalue weighted by atomic mass is 35.5. The van der Waals surface area contributed by atoms with Crippen LogP contribution in [0.25, 0.3) is 0 Å². The molecule has 0 amide bonds. The first kappa shape index (κ1) is 22.2. The number of ether oxygens (including phenoxy) is 2. The number of hydrogen-bond acceptors (Lipinski definition) is 5. The Morgan fingerprint density at radius 2 is 1.63 bits per heavy atom. The number of methoxy groups -OCH3 is 1. The van der Waals surface area contributed by atoms with E-state index in [1.54, 1.807) is 37.4 Å². The normalized spacial score (nSPS) is 11.2. The van der Waals surface area contributed by atoms with E-state index in [1.807, 2.05) is 18.2 Å². The van der Waals surface area contributed by atoms with Gasteiger partial charge < -0.3 is 14.8 Å². The van der Waals surface area contributed by atoms with E-state index >= 15 is 0 Å². The minimum atomic E-state index is -3.72. The Kier molecular flexibility index (Phi) is 7.10. The first-order chi connectivity index (χ1) is 14.3. The zero-order valence-corrected chi connectivity index (χ0v) is 18.4. The van der Waals surface area contributed by atoms with Gasteiger partial charge in [0, 0.05) is 17.3 Å². The van der Waals surface area contributed by atoms with E-state index in [9.17, 15) is 8.42 Å². The third-order valence-corrected chi connectivity index (χ3v) is 5.73. The predicted molar refractivity (Wildman–Crippen MR) is 119 cm³/mol. The first-order valence-corrected chi connectivity index (χ1v) is 11.2. The van der Waals surface area contributed by atoms with Gasteiger partial charge in [-0.25, -0.2) is 13.6 Å². The smallest absolute Gasteiger partial charge is 0.238 e. The second-order valence-electron chi connectivity index (χ2n) is 6.45. The van der Waals surface area contributed by atoms with Gasteiger partial charge >= 0.3 is 0 Å². The molecule has 3 aromatic carbocycles. The van der Waals surface area contributed by atoms with Crippen molar-refractivity contribution in [2.24, 2.45) is 5.14 Å². The van der Waals surface area contributed by atoms with Gasteiger partial charge in [0.05, 0.1) is 17.0 Å². The van der Waals surface area contributed by atoms with E-state index in [-0.39, 0.29) is 4.90 Å². The van der Waals surface area contributed by atoms with E-state index in [0.717, 1.165) is 16.8 Å². The van der Waals surface area contributed by atoms with Crippen molar-refractivity contribution in [1.29, 1.82) is 0 Å². The van der Waals surface area contributed by atoms with Crippen LogP contribution in [0.2, 0.25) is 10.0 Å². The van der Waals surface area contributed by atoms with Gasteiger partial charge in [0.1, 0.15) is 6.61 Å². The minimum Gasteiger partial charge on any atom is -0.493 e. The molecule has 0 aromatic heterocycles. The average molecular weight is 467 g/mol. The molecule has 0 saturated heterocycles. The van der Waals surface area contributed by atoms with Crippen molar-refractivity contribution in [3.8, 4) is 11.5 Å². The van der Waals surface area contributed by atoms with E-state index in [2.05, 4.69) is 5.32 Å². The Morgan fingerprint density at radius 3 is 2.23 bits per heavy atom. The molecule has 0 aliphatic rings. The lowest BCUT2D eigenvalue weighted by Crippen LogP contribution is -2.12. The van der Waals surface area contributed by atoms with Gasteiger partial charge in [-0.1, -0.05) is 35.3 Å². The summed E-state index contributed by atoms with van der Waals surface area (Å²) in [6.45, 7) is 0.767. The summed E-state index contributed by atoms with van der Waals surface area (Å²) < 4.78 is 34.0. The van der Waals surface area contributed by atoms with Gasteiger partial charge in [-0.3, -0.25) is 0 Å². The van der Waals surface area contributed by atoms with Crippen LogP contribution in [0, 0.1) is 0 Å². The number of primary sulfonamides is 1. The summed E-state index contributed by atoms with van der Waals surface area (Å²) in [5, 5.41) is 9.38. The summed E-state index contributed by atoms with van der Waals surface area (Å²) in [6.07, 6.45) is 0. The lowest BCUT2D eigenvalue weighted by atomic mass is 10.2. The van der Waals surface area contributed by atoms with Crippen molar-refractivity contribution in [3.63, 3.8) is 0 Å². The van der Waals surface area contributed by atoms with Gasteiger partial charge in [-0.15, -0.1) is 0 Å². The van der Waals surface area contributed by atoms with Crippen LogP contribution >= 0.6 is 23.2 Å². The van der Waals surface area contributed by atoms with Crippen LogP contribution in [0.4, 0.5) is 5.69 Å². The van der Waals surface area contributed by atoms with Crippen LogP contribution in [-0.2, 0) is 23.2 Å². The molecule has 0 saturated carbocycles. The number of halogens is 2. The lowest BCUT2D eigenvalue weighted by molar-refractivity contribution is 0.284. The summed E-state index contributed by atoms with van der Waals surface area (Å²) in [7, 11) is -2.17. The van der Waals surface area contributed by atoms with Crippen molar-refractivity contribution in [1.82, 2.24) is 0 Å². The fourth-order valence-electron chi connectivity index (χ4n) is 2.72. The molecular formula is C21H20Cl2N2O4S. The number of benzene rings is 3. The van der Waals surface area contributed by atoms with Crippen molar-refractivity contribution in [2.75, 3.05) is 12.4 Å². The molecule has 0 radical (unpaired) electrons. The number of rotatable bonds is 8. The first-order valence-electron chi connectivity index (χ1n) is 8.86. The van der Waals surface area contributed by atoms with Gasteiger partial charge in [0.15, 0.2) is 11.5 Å². The van der Waals surface area contributed by atoms with Gasteiger partial charge in [-0.05, 0) is 59.7 Å². The maximum Gasteiger partial charge on any atom is 0.238 e. The number of nitrogens with two attached hydrogens (primary N) is 1. The Hall–Kier alpha value is -2.45. The zero-order valence-electron chi connectivity index (χ0n) is 16.1. The van der Waals surface area contributed by atoms with Gasteiger partial charge in [-0.2, -0.15) is 0 Å². The van der Waals surface area contributed by atoms with Gasteiger partial charge in [0.25, 0.3) is 0 Å². The molecule has 0 bridgehead atoms. The van der Waals surface area contributed by atoms with Crippen LogP contribution in [0.15, 0.2) is 65.6 Å². The lowest BCUT2D eigenvalue weighted by Gasteiger charge is -2.15. The van der Waals surface area contributed by atoms with E-state index in [0.29, 0.717) is 34.7 Å². The molecule has 30 heavy (non-hydrogen) atoms. The molecule has 0 aliphatic carbocycles. The summed E-state index contributed by atoms with van der Waals surface area (Å²) in [6, 6.07) is 17.1. The van der Waals surface area contributed by atoms with Crippen LogP contribution in [0.5, 0.6) is 11.5 Å². The predicted octanol–water partition coefficient (Wildman–Crippen LogP) is 4.84. The maximum absolute atomic E-state index is 11.3. The number of hydrogen-bond donors (Lipinski definition) is 2. The molecule has 0 atom stereocenters. The Labute approximate surface area is 185 Å². The molecule has 9 heteroatoms. The van der Waals surface area contributed by atoms with Crippen molar-refractivity contribution in [3.05, 3.63) is 81.8 Å². The van der Waals surface area contributed by atoms with Gasteiger partial charge in [0.2, 0.25) is 10.0 Å². The molecule has 0 fully saturated rings. The van der Waals surface area contributed by atoms with Crippen molar-refractivity contribution < 1.29 is 17.9 Å². The molecule has 3 aromatic rings. The highest BCUT2D eigenvalue weighted by molar-refractivity contribution is 7.89. The highest BCUT2D eigenvalue weighted by Gasteiger charge is 2.13. The minimum absolute atomic E-state index is 0.0555. The Balaban J connectivity index is 1.69. The molecule has 0 aliphatic heterocycles. The topological polar surface area (TPSA) is 90.6 Å². The maximum atomic E-state index is 11.3. The third-order valence-electron chi connectivity index (χ3n) is 4.27. The standard InChI is InChI=1S/C21H20Cl2N2O4S/c1-28-20-11-15(12-25-17-6-8-18(9-7-17)30(24,26)27)10-19(23)21(20)29-13-14-2-4-16(22)5-3-14/h2-11,25H,12-13H2,1H3,(H2,24,26,27). The summed E-state index contributed by atoms with van der Waals surface area (Å²) in [5.41, 5.74) is 2.55. The number of anilines is 1. The van der Waals surface area contributed by atoms with Crippen LogP contribution in [-0.4, -0.2) is 15.5 Å². The quantitative estimate of drug-likeness (QED) is 0.495.